The van der Waals surface area contributed by atoms with Crippen LogP contribution in [0.2, 0.25) is 0 Å². The molecule has 0 spiro atoms. The number of carbonyl (C=O) groups is 2. The molecular formula is C13H17NO5. The Balaban J connectivity index is 2.74. The topological polar surface area (TPSA) is 87.1 Å². The average Bonchev–Trinajstić information content (AvgIpc) is 2.38. The molecule has 104 valence electrons. The molecule has 2 N–H and O–H groups in total. The van der Waals surface area contributed by atoms with E-state index in [2.05, 4.69) is 0 Å². The second-order valence-electron chi connectivity index (χ2n) is 3.97. The van der Waals surface area contributed by atoms with Crippen LogP contribution in [-0.2, 0) is 9.59 Å². The number of hydrogen-bond acceptors (Lipinski definition) is 4. The Bertz CT molecular complexity index is 411. The maximum absolute atomic E-state index is 10.6. The molecular weight excluding hydrogens is 250 g/mol. The van der Waals surface area contributed by atoms with Crippen LogP contribution in [0.15, 0.2) is 24.3 Å². The predicted molar refractivity (Wildman–Crippen MR) is 69.7 cm³/mol. The van der Waals surface area contributed by atoms with Gasteiger partial charge in [0.25, 0.3) is 0 Å². The number of ether oxygens (including phenoxy) is 1. The zero-order chi connectivity index (χ0) is 14.3. The smallest absolute Gasteiger partial charge is 0.305 e. The SMILES string of the molecule is COc1ccc(N(CCC(=O)O)CCC(=O)O)cc1. The molecule has 0 radical (unpaired) electrons. The Morgan fingerprint density at radius 1 is 1.05 bits per heavy atom. The number of rotatable bonds is 8. The molecule has 0 amide bonds. The highest BCUT2D eigenvalue weighted by Gasteiger charge is 2.10. The van der Waals surface area contributed by atoms with Crippen molar-refractivity contribution in [3.8, 4) is 5.75 Å². The highest BCUT2D eigenvalue weighted by molar-refractivity contribution is 5.69. The molecule has 0 fully saturated rings. The molecule has 0 aliphatic carbocycles. The third-order valence-corrected chi connectivity index (χ3v) is 2.63. The van der Waals surface area contributed by atoms with Gasteiger partial charge in [0, 0.05) is 18.8 Å². The largest absolute Gasteiger partial charge is 0.497 e. The molecule has 1 aromatic carbocycles. The molecule has 0 heterocycles. The van der Waals surface area contributed by atoms with Crippen molar-refractivity contribution in [2.75, 3.05) is 25.1 Å². The molecule has 0 atom stereocenters. The molecule has 0 bridgehead atoms. The first-order valence-corrected chi connectivity index (χ1v) is 5.85. The van der Waals surface area contributed by atoms with Crippen LogP contribution in [0.4, 0.5) is 5.69 Å². The number of benzene rings is 1. The fourth-order valence-corrected chi connectivity index (χ4v) is 1.62. The lowest BCUT2D eigenvalue weighted by Crippen LogP contribution is -2.28. The van der Waals surface area contributed by atoms with Crippen LogP contribution in [0.25, 0.3) is 0 Å². The standard InChI is InChI=1S/C13H17NO5/c1-19-11-4-2-10(3-5-11)14(8-6-12(15)16)9-7-13(17)18/h2-5H,6-9H2,1H3,(H,15,16)(H,17,18). The number of nitrogens with zero attached hydrogens (tertiary/aromatic N) is 1. The van der Waals surface area contributed by atoms with Crippen LogP contribution >= 0.6 is 0 Å². The van der Waals surface area contributed by atoms with Crippen molar-refractivity contribution >= 4 is 17.6 Å². The summed E-state index contributed by atoms with van der Waals surface area (Å²) in [4.78, 5) is 23.0. The van der Waals surface area contributed by atoms with E-state index in [1.807, 2.05) is 0 Å². The summed E-state index contributed by atoms with van der Waals surface area (Å²) in [6, 6.07) is 7.07. The van der Waals surface area contributed by atoms with Crippen molar-refractivity contribution in [1.29, 1.82) is 0 Å². The maximum atomic E-state index is 10.6. The number of methoxy groups -OCH3 is 1. The van der Waals surface area contributed by atoms with Gasteiger partial charge >= 0.3 is 11.9 Å². The average molecular weight is 267 g/mol. The first-order valence-electron chi connectivity index (χ1n) is 5.85. The molecule has 6 heteroatoms. The Morgan fingerprint density at radius 3 is 1.89 bits per heavy atom. The summed E-state index contributed by atoms with van der Waals surface area (Å²) in [5, 5.41) is 17.4. The van der Waals surface area contributed by atoms with Crippen molar-refractivity contribution in [3.05, 3.63) is 24.3 Å². The van der Waals surface area contributed by atoms with Crippen LogP contribution in [0.3, 0.4) is 0 Å². The molecule has 0 unspecified atom stereocenters. The summed E-state index contributed by atoms with van der Waals surface area (Å²) in [6.07, 6.45) is -0.0721. The lowest BCUT2D eigenvalue weighted by Gasteiger charge is -2.23. The number of anilines is 1. The third kappa shape index (κ3) is 5.29. The van der Waals surface area contributed by atoms with Gasteiger partial charge in [-0.15, -0.1) is 0 Å². The van der Waals surface area contributed by atoms with E-state index >= 15 is 0 Å². The van der Waals surface area contributed by atoms with Gasteiger partial charge in [-0.25, -0.2) is 0 Å². The molecule has 0 aromatic heterocycles. The molecule has 0 aliphatic heterocycles. The van der Waals surface area contributed by atoms with Gasteiger partial charge in [0.15, 0.2) is 0 Å². The zero-order valence-corrected chi connectivity index (χ0v) is 10.7. The Labute approximate surface area is 111 Å². The summed E-state index contributed by atoms with van der Waals surface area (Å²) >= 11 is 0. The fourth-order valence-electron chi connectivity index (χ4n) is 1.62. The lowest BCUT2D eigenvalue weighted by molar-refractivity contribution is -0.137. The van der Waals surface area contributed by atoms with Crippen LogP contribution < -0.4 is 9.64 Å². The van der Waals surface area contributed by atoms with Gasteiger partial charge < -0.3 is 19.8 Å². The van der Waals surface area contributed by atoms with Gasteiger partial charge in [-0.1, -0.05) is 0 Å². The van der Waals surface area contributed by atoms with E-state index in [9.17, 15) is 9.59 Å². The van der Waals surface area contributed by atoms with Gasteiger partial charge in [-0.3, -0.25) is 9.59 Å². The number of carboxylic acids is 2. The Morgan fingerprint density at radius 2 is 1.53 bits per heavy atom. The highest BCUT2D eigenvalue weighted by Crippen LogP contribution is 2.19. The summed E-state index contributed by atoms with van der Waals surface area (Å²) < 4.78 is 5.04. The minimum Gasteiger partial charge on any atom is -0.497 e. The van der Waals surface area contributed by atoms with E-state index < -0.39 is 11.9 Å². The van der Waals surface area contributed by atoms with Crippen LogP contribution in [0, 0.1) is 0 Å². The van der Waals surface area contributed by atoms with Crippen LogP contribution in [-0.4, -0.2) is 42.4 Å². The van der Waals surface area contributed by atoms with Crippen molar-refractivity contribution < 1.29 is 24.5 Å². The van der Waals surface area contributed by atoms with Crippen molar-refractivity contribution in [1.82, 2.24) is 0 Å². The second-order valence-corrected chi connectivity index (χ2v) is 3.97. The summed E-state index contributed by atoms with van der Waals surface area (Å²) in [5.41, 5.74) is 0.781. The Kier molecular flexibility index (Phi) is 5.66. The number of carboxylic acid groups (broad SMARTS) is 2. The van der Waals surface area contributed by atoms with Gasteiger partial charge in [0.05, 0.1) is 20.0 Å². The minimum absolute atomic E-state index is 0.0361. The van der Waals surface area contributed by atoms with Crippen LogP contribution in [0.5, 0.6) is 5.75 Å². The molecule has 19 heavy (non-hydrogen) atoms. The highest BCUT2D eigenvalue weighted by atomic mass is 16.5. The van der Waals surface area contributed by atoms with Gasteiger partial charge in [0.2, 0.25) is 0 Å². The third-order valence-electron chi connectivity index (χ3n) is 2.63. The molecule has 0 saturated carbocycles. The van der Waals surface area contributed by atoms with E-state index in [-0.39, 0.29) is 25.9 Å². The fraction of sp³-hybridized carbons (Fsp3) is 0.385. The normalized spacial score (nSPS) is 9.95. The van der Waals surface area contributed by atoms with Crippen molar-refractivity contribution in [3.63, 3.8) is 0 Å². The molecule has 0 saturated heterocycles. The van der Waals surface area contributed by atoms with E-state index in [0.717, 1.165) is 5.69 Å². The lowest BCUT2D eigenvalue weighted by atomic mass is 10.2. The quantitative estimate of drug-likeness (QED) is 0.741. The minimum atomic E-state index is -0.908. The Hall–Kier alpha value is -2.24. The first kappa shape index (κ1) is 14.8. The molecule has 0 aliphatic rings. The molecule has 6 nitrogen and oxygen atoms in total. The number of aliphatic carboxylic acids is 2. The molecule has 1 rings (SSSR count). The predicted octanol–water partition coefficient (Wildman–Crippen LogP) is 1.45. The summed E-state index contributed by atoms with van der Waals surface area (Å²) in [5.74, 6) is -1.12. The first-order chi connectivity index (χ1) is 9.02. The summed E-state index contributed by atoms with van der Waals surface area (Å²) in [7, 11) is 1.56. The van der Waals surface area contributed by atoms with Gasteiger partial charge in [-0.2, -0.15) is 0 Å². The van der Waals surface area contributed by atoms with E-state index in [0.29, 0.717) is 5.75 Å². The maximum Gasteiger partial charge on any atom is 0.305 e. The van der Waals surface area contributed by atoms with Crippen LogP contribution in [0.1, 0.15) is 12.8 Å². The zero-order valence-electron chi connectivity index (χ0n) is 10.7. The van der Waals surface area contributed by atoms with E-state index in [1.54, 1.807) is 36.3 Å². The van der Waals surface area contributed by atoms with Gasteiger partial charge in [-0.05, 0) is 24.3 Å². The van der Waals surface area contributed by atoms with Crippen molar-refractivity contribution in [2.24, 2.45) is 0 Å². The monoisotopic (exact) mass is 267 g/mol. The van der Waals surface area contributed by atoms with E-state index in [4.69, 9.17) is 14.9 Å². The summed E-state index contributed by atoms with van der Waals surface area (Å²) in [6.45, 7) is 0.546. The molecule has 1 aromatic rings. The van der Waals surface area contributed by atoms with E-state index in [1.165, 1.54) is 0 Å². The number of hydrogen-bond donors (Lipinski definition) is 2. The van der Waals surface area contributed by atoms with Crippen molar-refractivity contribution in [2.45, 2.75) is 12.8 Å². The second kappa shape index (κ2) is 7.25. The van der Waals surface area contributed by atoms with Gasteiger partial charge in [0.1, 0.15) is 5.75 Å².